The number of nitrogens with zero attached hydrogens (tertiary/aromatic N) is 1. The Kier molecular flexibility index (Phi) is 3.74. The Balaban J connectivity index is 2.11. The van der Waals surface area contributed by atoms with Crippen LogP contribution in [0.1, 0.15) is 23.7 Å². The number of carbonyl (C=O) groups excluding carboxylic acids is 1. The van der Waals surface area contributed by atoms with Crippen molar-refractivity contribution in [3.05, 3.63) is 29.8 Å². The molecule has 0 bridgehead atoms. The Morgan fingerprint density at radius 1 is 1.41 bits per heavy atom. The molecule has 2 atom stereocenters. The first-order valence-corrected chi connectivity index (χ1v) is 6.22. The van der Waals surface area contributed by atoms with Gasteiger partial charge in [-0.25, -0.2) is 0 Å². The van der Waals surface area contributed by atoms with E-state index >= 15 is 0 Å². The Morgan fingerprint density at radius 2 is 2.06 bits per heavy atom. The standard InChI is InChI=1S/C13H17NO2S/c1-9-12(7-8-16-9)14(2)13(15)10-3-5-11(17)6-4-10/h3-6,9,12,17H,7-8H2,1-2H3. The average molecular weight is 251 g/mol. The fraction of sp³-hybridized carbons (Fsp3) is 0.462. The number of rotatable bonds is 2. The number of likely N-dealkylation sites (N-methyl/N-ethyl adjacent to an activating group) is 1. The fourth-order valence-corrected chi connectivity index (χ4v) is 2.34. The van der Waals surface area contributed by atoms with Crippen molar-refractivity contribution < 1.29 is 9.53 Å². The molecule has 0 aromatic heterocycles. The molecule has 0 N–H and O–H groups in total. The highest BCUT2D eigenvalue weighted by Crippen LogP contribution is 2.20. The second-order valence-corrected chi connectivity index (χ2v) is 4.91. The third-order valence-corrected chi connectivity index (χ3v) is 3.57. The minimum absolute atomic E-state index is 0.0423. The summed E-state index contributed by atoms with van der Waals surface area (Å²) in [5.41, 5.74) is 0.699. The van der Waals surface area contributed by atoms with Crippen molar-refractivity contribution in [2.45, 2.75) is 30.4 Å². The minimum Gasteiger partial charge on any atom is -0.376 e. The van der Waals surface area contributed by atoms with E-state index in [4.69, 9.17) is 4.74 Å². The molecule has 0 spiro atoms. The van der Waals surface area contributed by atoms with Crippen LogP contribution in [0.15, 0.2) is 29.2 Å². The summed E-state index contributed by atoms with van der Waals surface area (Å²) in [6.07, 6.45) is 1.03. The quantitative estimate of drug-likeness (QED) is 0.817. The molecule has 1 fully saturated rings. The van der Waals surface area contributed by atoms with Crippen molar-refractivity contribution >= 4 is 18.5 Å². The molecule has 17 heavy (non-hydrogen) atoms. The molecule has 0 radical (unpaired) electrons. The number of hydrogen-bond donors (Lipinski definition) is 1. The first-order valence-electron chi connectivity index (χ1n) is 5.77. The normalized spacial score (nSPS) is 23.7. The van der Waals surface area contributed by atoms with Crippen LogP contribution in [-0.2, 0) is 4.74 Å². The van der Waals surface area contributed by atoms with Gasteiger partial charge in [0.2, 0.25) is 0 Å². The molecule has 3 nitrogen and oxygen atoms in total. The smallest absolute Gasteiger partial charge is 0.253 e. The summed E-state index contributed by atoms with van der Waals surface area (Å²) in [5.74, 6) is 0.0423. The maximum atomic E-state index is 12.2. The summed E-state index contributed by atoms with van der Waals surface area (Å²) in [5, 5.41) is 0. The van der Waals surface area contributed by atoms with E-state index in [0.29, 0.717) is 5.56 Å². The van der Waals surface area contributed by atoms with E-state index in [1.807, 2.05) is 38.2 Å². The lowest BCUT2D eigenvalue weighted by Gasteiger charge is -2.26. The summed E-state index contributed by atoms with van der Waals surface area (Å²) in [6, 6.07) is 7.46. The van der Waals surface area contributed by atoms with Gasteiger partial charge in [-0.1, -0.05) is 0 Å². The summed E-state index contributed by atoms with van der Waals surface area (Å²) in [4.78, 5) is 14.9. The predicted octanol–water partition coefficient (Wildman–Crippen LogP) is 2.22. The van der Waals surface area contributed by atoms with Crippen LogP contribution in [-0.4, -0.2) is 36.6 Å². The van der Waals surface area contributed by atoms with E-state index in [-0.39, 0.29) is 18.1 Å². The summed E-state index contributed by atoms with van der Waals surface area (Å²) in [7, 11) is 1.84. The molecule has 0 saturated carbocycles. The molecule has 1 amide bonds. The Bertz CT molecular complexity index is 404. The maximum Gasteiger partial charge on any atom is 0.253 e. The molecular formula is C13H17NO2S. The van der Waals surface area contributed by atoms with Gasteiger partial charge in [-0.3, -0.25) is 4.79 Å². The van der Waals surface area contributed by atoms with Crippen LogP contribution in [0.2, 0.25) is 0 Å². The first kappa shape index (κ1) is 12.5. The van der Waals surface area contributed by atoms with Gasteiger partial charge in [0.1, 0.15) is 0 Å². The zero-order valence-corrected chi connectivity index (χ0v) is 11.0. The van der Waals surface area contributed by atoms with Crippen LogP contribution >= 0.6 is 12.6 Å². The van der Waals surface area contributed by atoms with Crippen molar-refractivity contribution in [2.75, 3.05) is 13.7 Å². The van der Waals surface area contributed by atoms with E-state index in [2.05, 4.69) is 12.6 Å². The molecule has 1 aromatic rings. The van der Waals surface area contributed by atoms with Crippen LogP contribution in [0.5, 0.6) is 0 Å². The van der Waals surface area contributed by atoms with Crippen molar-refractivity contribution in [1.29, 1.82) is 0 Å². The molecule has 0 aliphatic carbocycles. The molecule has 2 unspecified atom stereocenters. The molecule has 1 saturated heterocycles. The molecule has 92 valence electrons. The lowest BCUT2D eigenvalue weighted by molar-refractivity contribution is 0.0574. The second-order valence-electron chi connectivity index (χ2n) is 4.39. The third kappa shape index (κ3) is 2.64. The molecular weight excluding hydrogens is 234 g/mol. The number of thiol groups is 1. The van der Waals surface area contributed by atoms with E-state index in [1.165, 1.54) is 0 Å². The highest BCUT2D eigenvalue weighted by molar-refractivity contribution is 7.80. The van der Waals surface area contributed by atoms with Gasteiger partial charge in [-0.2, -0.15) is 0 Å². The number of ether oxygens (including phenoxy) is 1. The Hall–Kier alpha value is -1.00. The van der Waals surface area contributed by atoms with Gasteiger partial charge in [0, 0.05) is 24.1 Å². The minimum atomic E-state index is 0.0423. The lowest BCUT2D eigenvalue weighted by atomic mass is 10.1. The van der Waals surface area contributed by atoms with E-state index in [0.717, 1.165) is 17.9 Å². The fourth-order valence-electron chi connectivity index (χ4n) is 2.19. The van der Waals surface area contributed by atoms with Crippen molar-refractivity contribution in [3.8, 4) is 0 Å². The second kappa shape index (κ2) is 5.10. The van der Waals surface area contributed by atoms with Gasteiger partial charge in [0.15, 0.2) is 0 Å². The predicted molar refractivity (Wildman–Crippen MR) is 69.6 cm³/mol. The lowest BCUT2D eigenvalue weighted by Crippen LogP contribution is -2.40. The van der Waals surface area contributed by atoms with Crippen LogP contribution in [0.25, 0.3) is 0 Å². The summed E-state index contributed by atoms with van der Waals surface area (Å²) in [6.45, 7) is 2.75. The van der Waals surface area contributed by atoms with Crippen LogP contribution in [0.4, 0.5) is 0 Å². The SMILES string of the molecule is CC1OCCC1N(C)C(=O)c1ccc(S)cc1. The number of amides is 1. The average Bonchev–Trinajstić information content (AvgIpc) is 2.74. The molecule has 1 aromatic carbocycles. The molecule has 1 heterocycles. The molecule has 2 rings (SSSR count). The Morgan fingerprint density at radius 3 is 2.59 bits per heavy atom. The largest absolute Gasteiger partial charge is 0.376 e. The van der Waals surface area contributed by atoms with Gasteiger partial charge < -0.3 is 9.64 Å². The zero-order valence-electron chi connectivity index (χ0n) is 10.1. The Labute approximate surface area is 107 Å². The van der Waals surface area contributed by atoms with Gasteiger partial charge in [0.05, 0.1) is 12.1 Å². The zero-order chi connectivity index (χ0) is 12.4. The van der Waals surface area contributed by atoms with Gasteiger partial charge >= 0.3 is 0 Å². The van der Waals surface area contributed by atoms with Crippen molar-refractivity contribution in [3.63, 3.8) is 0 Å². The van der Waals surface area contributed by atoms with E-state index in [1.54, 1.807) is 4.90 Å². The van der Waals surface area contributed by atoms with Gasteiger partial charge in [-0.15, -0.1) is 12.6 Å². The van der Waals surface area contributed by atoms with E-state index in [9.17, 15) is 4.79 Å². The monoisotopic (exact) mass is 251 g/mol. The van der Waals surface area contributed by atoms with Crippen molar-refractivity contribution in [1.82, 2.24) is 4.90 Å². The van der Waals surface area contributed by atoms with Crippen molar-refractivity contribution in [2.24, 2.45) is 0 Å². The van der Waals surface area contributed by atoms with Gasteiger partial charge in [-0.05, 0) is 37.6 Å². The summed E-state index contributed by atoms with van der Waals surface area (Å²) < 4.78 is 5.49. The first-order chi connectivity index (χ1) is 8.09. The van der Waals surface area contributed by atoms with Crippen LogP contribution in [0, 0.1) is 0 Å². The molecule has 1 aliphatic heterocycles. The highest BCUT2D eigenvalue weighted by Gasteiger charge is 2.30. The maximum absolute atomic E-state index is 12.2. The highest BCUT2D eigenvalue weighted by atomic mass is 32.1. The number of carbonyl (C=O) groups is 1. The topological polar surface area (TPSA) is 29.5 Å². The number of hydrogen-bond acceptors (Lipinski definition) is 3. The number of benzene rings is 1. The molecule has 4 heteroatoms. The molecule has 1 aliphatic rings. The van der Waals surface area contributed by atoms with Gasteiger partial charge in [0.25, 0.3) is 5.91 Å². The summed E-state index contributed by atoms with van der Waals surface area (Å²) >= 11 is 4.21. The third-order valence-electron chi connectivity index (χ3n) is 3.27. The van der Waals surface area contributed by atoms with Crippen LogP contribution in [0.3, 0.4) is 0 Å². The van der Waals surface area contributed by atoms with Crippen LogP contribution < -0.4 is 0 Å². The van der Waals surface area contributed by atoms with E-state index < -0.39 is 0 Å².